The molecule has 5 aliphatic heterocycles. The molecule has 0 atom stereocenters. The molecule has 0 radical (unpaired) electrons. The fourth-order valence-electron chi connectivity index (χ4n) is 6.95. The van der Waals surface area contributed by atoms with Crippen molar-refractivity contribution in [2.75, 3.05) is 89.2 Å². The Balaban J connectivity index is 1.07. The number of rotatable bonds is 8. The molecule has 4 N–H and O–H groups in total. The first kappa shape index (κ1) is 45.5. The smallest absolute Gasteiger partial charge is 0.407 e. The first-order valence-corrected chi connectivity index (χ1v) is 21.0. The summed E-state index contributed by atoms with van der Waals surface area (Å²) in [6.45, 7) is 4.07. The van der Waals surface area contributed by atoms with E-state index in [0.717, 1.165) is 37.3 Å². The maximum atomic E-state index is 13.4. The topological polar surface area (TPSA) is 191 Å². The fourth-order valence-corrected chi connectivity index (χ4v) is 6.95. The molecular weight excluding hydrogens is 809 g/mol. The minimum Gasteiger partial charge on any atom is -0.457 e. The molecule has 332 valence electrons. The summed E-state index contributed by atoms with van der Waals surface area (Å²) in [6, 6.07) is 31.9. The Labute approximate surface area is 366 Å². The minimum atomic E-state index is -0.737. The lowest BCUT2D eigenvalue weighted by atomic mass is 10.2. The molecule has 0 unspecified atom stereocenters. The summed E-state index contributed by atoms with van der Waals surface area (Å²) >= 11 is 0. The lowest BCUT2D eigenvalue weighted by molar-refractivity contribution is -0.134. The van der Waals surface area contributed by atoms with Crippen molar-refractivity contribution in [3.8, 4) is 11.5 Å². The van der Waals surface area contributed by atoms with Crippen molar-refractivity contribution in [3.63, 3.8) is 0 Å². The molecule has 17 nitrogen and oxygen atoms in total. The molecule has 4 aromatic rings. The Morgan fingerprint density at radius 2 is 0.889 bits per heavy atom. The van der Waals surface area contributed by atoms with Crippen molar-refractivity contribution in [1.82, 2.24) is 30.2 Å². The SMILES string of the molecule is O=C1CN(C(=O)CNC(=O)OCc2ccccc2)CCCN2CCN(CCCN(C(=O)CNC(=O)OCc3ccccc3)CC(=O)Nc3ccc(cc3)Oc3ccc(cc3)N1)CC2. The van der Waals surface area contributed by atoms with Crippen molar-refractivity contribution < 1.29 is 43.0 Å². The van der Waals surface area contributed by atoms with Gasteiger partial charge >= 0.3 is 12.2 Å². The molecule has 6 bridgehead atoms. The fraction of sp³-hybridized carbons (Fsp3) is 0.348. The third kappa shape index (κ3) is 15.8. The number of alkyl carbamates (subject to hydrolysis) is 2. The van der Waals surface area contributed by atoms with Gasteiger partial charge in [0.05, 0.1) is 13.1 Å². The summed E-state index contributed by atoms with van der Waals surface area (Å²) in [7, 11) is 0. The summed E-state index contributed by atoms with van der Waals surface area (Å²) in [4.78, 5) is 85.6. The predicted molar refractivity (Wildman–Crippen MR) is 235 cm³/mol. The third-order valence-electron chi connectivity index (χ3n) is 10.3. The Kier molecular flexibility index (Phi) is 17.3. The Morgan fingerprint density at radius 1 is 0.508 bits per heavy atom. The van der Waals surface area contributed by atoms with Gasteiger partial charge in [-0.25, -0.2) is 9.59 Å². The zero-order valence-corrected chi connectivity index (χ0v) is 35.2. The zero-order chi connectivity index (χ0) is 44.2. The normalized spacial score (nSPS) is 17.7. The average Bonchev–Trinajstić information content (AvgIpc) is 3.30. The van der Waals surface area contributed by atoms with E-state index in [0.29, 0.717) is 48.8 Å². The van der Waals surface area contributed by atoms with E-state index in [1.54, 1.807) is 48.5 Å². The van der Waals surface area contributed by atoms with Gasteiger partial charge < -0.3 is 55.1 Å². The molecule has 1 fully saturated rings. The highest BCUT2D eigenvalue weighted by Gasteiger charge is 2.23. The monoisotopic (exact) mass is 862 g/mol. The second kappa shape index (κ2) is 23.9. The second-order valence-electron chi connectivity index (χ2n) is 15.1. The number of carbonyl (C=O) groups excluding carboxylic acids is 6. The highest BCUT2D eigenvalue weighted by atomic mass is 16.6. The third-order valence-corrected chi connectivity index (χ3v) is 10.3. The number of hydrogen-bond acceptors (Lipinski definition) is 11. The maximum absolute atomic E-state index is 13.4. The lowest BCUT2D eigenvalue weighted by Gasteiger charge is -2.35. The van der Waals surface area contributed by atoms with Crippen LogP contribution in [-0.4, -0.2) is 134 Å². The van der Waals surface area contributed by atoms with Crippen LogP contribution in [0.4, 0.5) is 21.0 Å². The number of amides is 6. The molecule has 0 spiro atoms. The van der Waals surface area contributed by atoms with E-state index in [9.17, 15) is 28.8 Å². The highest BCUT2D eigenvalue weighted by molar-refractivity contribution is 5.96. The van der Waals surface area contributed by atoms with Crippen LogP contribution in [0.5, 0.6) is 11.5 Å². The van der Waals surface area contributed by atoms with E-state index in [1.807, 2.05) is 60.7 Å². The quantitative estimate of drug-likeness (QED) is 0.198. The largest absolute Gasteiger partial charge is 0.457 e. The van der Waals surface area contributed by atoms with Gasteiger partial charge in [-0.3, -0.25) is 19.2 Å². The van der Waals surface area contributed by atoms with Gasteiger partial charge in [0.25, 0.3) is 0 Å². The van der Waals surface area contributed by atoms with Crippen LogP contribution >= 0.6 is 0 Å². The zero-order valence-electron chi connectivity index (χ0n) is 35.2. The molecule has 5 aliphatic rings. The molecule has 9 rings (SSSR count). The van der Waals surface area contributed by atoms with E-state index in [2.05, 4.69) is 31.1 Å². The van der Waals surface area contributed by atoms with Gasteiger partial charge in [0, 0.05) is 50.6 Å². The Morgan fingerprint density at radius 3 is 1.27 bits per heavy atom. The van der Waals surface area contributed by atoms with Gasteiger partial charge in [-0.15, -0.1) is 0 Å². The standard InChI is InChI=1S/C46H54N8O9/c55-41-31-53(43(57)29-47-45(59)61-33-35-9-3-1-4-10-35)23-7-21-51-25-27-52(28-26-51)22-8-24-54(44(58)30-48-46(60)62-34-36-11-5-2-6-12-36)32-42(56)50-38-15-19-40(20-16-38)63-39-17-13-37(49-41)14-18-39/h1-6,9-20H,7-8,21-34H2,(H,47,59)(H,48,60)(H,49,55)(H,50,56). The molecule has 1 saturated heterocycles. The molecule has 4 aromatic carbocycles. The summed E-state index contributed by atoms with van der Waals surface area (Å²) in [5, 5.41) is 10.7. The number of nitrogens with zero attached hydrogens (tertiary/aromatic N) is 4. The summed E-state index contributed by atoms with van der Waals surface area (Å²) < 4.78 is 16.5. The first-order chi connectivity index (χ1) is 30.6. The number of piperazine rings is 1. The first-order valence-electron chi connectivity index (χ1n) is 21.0. The second-order valence-corrected chi connectivity index (χ2v) is 15.1. The number of carbonyl (C=O) groups is 6. The van der Waals surface area contributed by atoms with Crippen molar-refractivity contribution in [2.45, 2.75) is 26.1 Å². The number of nitrogens with one attached hydrogen (secondary N) is 4. The molecule has 0 saturated carbocycles. The van der Waals surface area contributed by atoms with Crippen LogP contribution in [0.2, 0.25) is 0 Å². The lowest BCUT2D eigenvalue weighted by Crippen LogP contribution is -2.49. The number of anilines is 2. The van der Waals surface area contributed by atoms with Crippen molar-refractivity contribution in [3.05, 3.63) is 120 Å². The van der Waals surface area contributed by atoms with Crippen molar-refractivity contribution in [1.29, 1.82) is 0 Å². The highest BCUT2D eigenvalue weighted by Crippen LogP contribution is 2.25. The van der Waals surface area contributed by atoms with Gasteiger partial charge in [-0.1, -0.05) is 60.7 Å². The molecule has 17 heteroatoms. The predicted octanol–water partition coefficient (Wildman–Crippen LogP) is 4.28. The molecular formula is C46H54N8O9. The maximum Gasteiger partial charge on any atom is 0.407 e. The van der Waals surface area contributed by atoms with Crippen LogP contribution in [0.1, 0.15) is 24.0 Å². The van der Waals surface area contributed by atoms with Gasteiger partial charge in [0.1, 0.15) is 37.8 Å². The molecule has 63 heavy (non-hydrogen) atoms. The van der Waals surface area contributed by atoms with Crippen LogP contribution in [0.3, 0.4) is 0 Å². The Hall–Kier alpha value is -6.98. The van der Waals surface area contributed by atoms with Crippen LogP contribution in [0.15, 0.2) is 109 Å². The van der Waals surface area contributed by atoms with Gasteiger partial charge in [-0.05, 0) is 85.6 Å². The summed E-state index contributed by atoms with van der Waals surface area (Å²) in [5.74, 6) is -0.648. The molecule has 6 amide bonds. The van der Waals surface area contributed by atoms with Crippen LogP contribution in [0, 0.1) is 0 Å². The number of benzene rings is 4. The summed E-state index contributed by atoms with van der Waals surface area (Å²) in [6.07, 6.45) is -0.286. The van der Waals surface area contributed by atoms with Crippen LogP contribution < -0.4 is 26.0 Å². The number of ether oxygens (including phenoxy) is 3. The summed E-state index contributed by atoms with van der Waals surface area (Å²) in [5.41, 5.74) is 2.62. The van der Waals surface area contributed by atoms with Crippen molar-refractivity contribution >= 4 is 47.2 Å². The minimum absolute atomic E-state index is 0.0558. The number of fused-ring (bicyclic) bond motifs is 3. The molecule has 5 heterocycles. The van der Waals surface area contributed by atoms with Crippen LogP contribution in [-0.2, 0) is 41.9 Å². The van der Waals surface area contributed by atoms with Crippen molar-refractivity contribution in [2.24, 2.45) is 0 Å². The van der Waals surface area contributed by atoms with E-state index in [-0.39, 0.29) is 52.5 Å². The Bertz CT molecular complexity index is 1970. The van der Waals surface area contributed by atoms with Gasteiger partial charge in [0.2, 0.25) is 23.6 Å². The van der Waals surface area contributed by atoms with E-state index < -0.39 is 35.8 Å². The van der Waals surface area contributed by atoms with Gasteiger partial charge in [-0.2, -0.15) is 0 Å². The number of hydrogen-bond donors (Lipinski definition) is 4. The van der Waals surface area contributed by atoms with E-state index in [1.165, 1.54) is 9.80 Å². The van der Waals surface area contributed by atoms with Gasteiger partial charge in [0.15, 0.2) is 0 Å². The van der Waals surface area contributed by atoms with E-state index in [4.69, 9.17) is 14.2 Å². The molecule has 0 aliphatic carbocycles. The molecule has 0 aromatic heterocycles. The van der Waals surface area contributed by atoms with E-state index >= 15 is 0 Å². The average molecular weight is 863 g/mol. The van der Waals surface area contributed by atoms with Crippen LogP contribution in [0.25, 0.3) is 0 Å².